The second-order valence-electron chi connectivity index (χ2n) is 5.75. The van der Waals surface area contributed by atoms with Crippen LogP contribution in [0.1, 0.15) is 36.2 Å². The third-order valence-electron chi connectivity index (χ3n) is 4.17. The molecule has 0 saturated heterocycles. The fourth-order valence-electron chi connectivity index (χ4n) is 2.92. The van der Waals surface area contributed by atoms with E-state index in [-0.39, 0.29) is 23.6 Å². The van der Waals surface area contributed by atoms with Gasteiger partial charge in [-0.1, -0.05) is 19.1 Å². The van der Waals surface area contributed by atoms with Crippen LogP contribution in [0.2, 0.25) is 0 Å². The Labute approximate surface area is 130 Å². The van der Waals surface area contributed by atoms with Gasteiger partial charge in [-0.25, -0.2) is 4.39 Å². The predicted molar refractivity (Wildman–Crippen MR) is 77.3 cm³/mol. The van der Waals surface area contributed by atoms with E-state index < -0.39 is 11.9 Å². The van der Waals surface area contributed by atoms with Crippen LogP contribution >= 0.6 is 0 Å². The van der Waals surface area contributed by atoms with Gasteiger partial charge < -0.3 is 5.32 Å². The van der Waals surface area contributed by atoms with Crippen LogP contribution in [0.5, 0.6) is 0 Å². The second-order valence-corrected chi connectivity index (χ2v) is 5.75. The predicted octanol–water partition coefficient (Wildman–Crippen LogP) is 4.37. The zero-order valence-corrected chi connectivity index (χ0v) is 12.4. The van der Waals surface area contributed by atoms with Crippen LogP contribution in [0, 0.1) is 11.7 Å². The summed E-state index contributed by atoms with van der Waals surface area (Å²) in [7, 11) is 0. The maximum absolute atomic E-state index is 13.9. The van der Waals surface area contributed by atoms with E-state index in [1.54, 1.807) is 6.07 Å². The van der Waals surface area contributed by atoms with Crippen LogP contribution in [0.25, 0.3) is 0 Å². The Kier molecular flexibility index (Phi) is 3.95. The van der Waals surface area contributed by atoms with Crippen molar-refractivity contribution in [3.05, 3.63) is 53.0 Å². The summed E-state index contributed by atoms with van der Waals surface area (Å²) in [5.41, 5.74) is 0.444. The maximum Gasteiger partial charge on any atom is 0.435 e. The molecule has 0 saturated carbocycles. The zero-order chi connectivity index (χ0) is 16.6. The molecule has 0 amide bonds. The van der Waals surface area contributed by atoms with Crippen molar-refractivity contribution in [3.8, 4) is 0 Å². The molecule has 2 aromatic rings. The molecule has 0 spiro atoms. The lowest BCUT2D eigenvalue weighted by Crippen LogP contribution is -2.26. The van der Waals surface area contributed by atoms with Crippen molar-refractivity contribution in [1.82, 2.24) is 10.2 Å². The third kappa shape index (κ3) is 3.13. The molecule has 2 atom stereocenters. The quantitative estimate of drug-likeness (QED) is 0.833. The number of rotatable bonds is 2. The first-order valence-electron chi connectivity index (χ1n) is 7.31. The smallest absolute Gasteiger partial charge is 0.361 e. The number of hydrogen-bond acceptors (Lipinski definition) is 3. The van der Waals surface area contributed by atoms with Gasteiger partial charge in [0.1, 0.15) is 11.6 Å². The normalized spacial score (nSPS) is 20.9. The average Bonchev–Trinajstić information content (AvgIpc) is 2.50. The van der Waals surface area contributed by atoms with Crippen LogP contribution in [0.3, 0.4) is 0 Å². The van der Waals surface area contributed by atoms with Crippen molar-refractivity contribution in [1.29, 1.82) is 0 Å². The van der Waals surface area contributed by atoms with Gasteiger partial charge in [0, 0.05) is 0 Å². The van der Waals surface area contributed by atoms with Crippen molar-refractivity contribution in [2.45, 2.75) is 32.0 Å². The fourth-order valence-corrected chi connectivity index (χ4v) is 2.92. The summed E-state index contributed by atoms with van der Waals surface area (Å²) in [6.45, 7) is 2.02. The van der Waals surface area contributed by atoms with Gasteiger partial charge in [0.15, 0.2) is 5.69 Å². The Balaban J connectivity index is 1.87. The van der Waals surface area contributed by atoms with Gasteiger partial charge >= 0.3 is 6.18 Å². The molecule has 1 aromatic heterocycles. The molecule has 1 heterocycles. The van der Waals surface area contributed by atoms with Crippen molar-refractivity contribution >= 4 is 5.82 Å². The zero-order valence-electron chi connectivity index (χ0n) is 12.4. The first-order chi connectivity index (χ1) is 10.9. The number of nitrogens with zero attached hydrogens (tertiary/aromatic N) is 2. The van der Waals surface area contributed by atoms with Crippen LogP contribution in [-0.2, 0) is 12.6 Å². The molecule has 1 N–H and O–H groups in total. The van der Waals surface area contributed by atoms with E-state index in [4.69, 9.17) is 0 Å². The summed E-state index contributed by atoms with van der Waals surface area (Å²) in [4.78, 5) is 0. The first kappa shape index (κ1) is 15.7. The molecule has 0 radical (unpaired) electrons. The SMILES string of the molecule is CC1CCc2c(F)cccc2C1Nc1ccc(C(F)(F)F)nn1. The molecule has 23 heavy (non-hydrogen) atoms. The Bertz CT molecular complexity index is 697. The van der Waals surface area contributed by atoms with Crippen molar-refractivity contribution in [3.63, 3.8) is 0 Å². The van der Waals surface area contributed by atoms with E-state index in [1.807, 2.05) is 13.0 Å². The molecule has 0 bridgehead atoms. The summed E-state index contributed by atoms with van der Waals surface area (Å²) in [6, 6.07) is 6.82. The van der Waals surface area contributed by atoms with E-state index in [2.05, 4.69) is 15.5 Å². The third-order valence-corrected chi connectivity index (χ3v) is 4.17. The minimum Gasteiger partial charge on any atom is -0.361 e. The Morgan fingerprint density at radius 3 is 2.57 bits per heavy atom. The lowest BCUT2D eigenvalue weighted by Gasteiger charge is -2.32. The van der Waals surface area contributed by atoms with E-state index in [9.17, 15) is 17.6 Å². The van der Waals surface area contributed by atoms with Gasteiger partial charge in [-0.3, -0.25) is 0 Å². The summed E-state index contributed by atoms with van der Waals surface area (Å²) in [5, 5.41) is 9.88. The number of anilines is 1. The van der Waals surface area contributed by atoms with Gasteiger partial charge in [-0.15, -0.1) is 10.2 Å². The van der Waals surface area contributed by atoms with E-state index >= 15 is 0 Å². The lowest BCUT2D eigenvalue weighted by molar-refractivity contribution is -0.141. The highest BCUT2D eigenvalue weighted by atomic mass is 19.4. The maximum atomic E-state index is 13.9. The minimum absolute atomic E-state index is 0.202. The van der Waals surface area contributed by atoms with Gasteiger partial charge in [-0.2, -0.15) is 13.2 Å². The highest BCUT2D eigenvalue weighted by molar-refractivity contribution is 5.42. The van der Waals surface area contributed by atoms with Gasteiger partial charge in [-0.05, 0) is 48.1 Å². The molecule has 0 fully saturated rings. The molecule has 1 aliphatic rings. The Morgan fingerprint density at radius 1 is 1.13 bits per heavy atom. The summed E-state index contributed by atoms with van der Waals surface area (Å²) in [5.74, 6) is 0.194. The molecule has 3 rings (SSSR count). The second kappa shape index (κ2) is 5.79. The number of aromatic nitrogens is 2. The fraction of sp³-hybridized carbons (Fsp3) is 0.375. The molecular formula is C16H15F4N3. The number of alkyl halides is 3. The monoisotopic (exact) mass is 325 g/mol. The van der Waals surface area contributed by atoms with Gasteiger partial charge in [0.25, 0.3) is 0 Å². The number of fused-ring (bicyclic) bond motifs is 1. The number of benzene rings is 1. The standard InChI is InChI=1S/C16H15F4N3/c1-9-5-6-10-11(3-2-4-12(10)17)15(9)21-14-8-7-13(22-23-14)16(18,19)20/h2-4,7-9,15H,5-6H2,1H3,(H,21,23). The van der Waals surface area contributed by atoms with Crippen LogP contribution in [0.15, 0.2) is 30.3 Å². The molecular weight excluding hydrogens is 310 g/mol. The molecule has 1 aromatic carbocycles. The van der Waals surface area contributed by atoms with E-state index in [1.165, 1.54) is 12.1 Å². The van der Waals surface area contributed by atoms with Gasteiger partial charge in [0.2, 0.25) is 0 Å². The summed E-state index contributed by atoms with van der Waals surface area (Å²) < 4.78 is 51.5. The summed E-state index contributed by atoms with van der Waals surface area (Å²) in [6.07, 6.45) is -3.07. The molecule has 7 heteroatoms. The van der Waals surface area contributed by atoms with E-state index in [0.29, 0.717) is 12.0 Å². The largest absolute Gasteiger partial charge is 0.435 e. The highest BCUT2D eigenvalue weighted by Gasteiger charge is 2.33. The van der Waals surface area contributed by atoms with Crippen molar-refractivity contribution in [2.24, 2.45) is 5.92 Å². The van der Waals surface area contributed by atoms with Crippen LogP contribution < -0.4 is 5.32 Å². The molecule has 3 nitrogen and oxygen atoms in total. The number of nitrogens with one attached hydrogen (secondary N) is 1. The lowest BCUT2D eigenvalue weighted by atomic mass is 9.80. The molecule has 122 valence electrons. The Morgan fingerprint density at radius 2 is 1.91 bits per heavy atom. The van der Waals surface area contributed by atoms with E-state index in [0.717, 1.165) is 18.1 Å². The van der Waals surface area contributed by atoms with Crippen molar-refractivity contribution in [2.75, 3.05) is 5.32 Å². The van der Waals surface area contributed by atoms with Crippen LogP contribution in [-0.4, -0.2) is 10.2 Å². The molecule has 2 unspecified atom stereocenters. The molecule has 1 aliphatic carbocycles. The number of halogens is 4. The number of hydrogen-bond donors (Lipinski definition) is 1. The van der Waals surface area contributed by atoms with Crippen LogP contribution in [0.4, 0.5) is 23.4 Å². The van der Waals surface area contributed by atoms with Gasteiger partial charge in [0.05, 0.1) is 6.04 Å². The first-order valence-corrected chi connectivity index (χ1v) is 7.31. The molecule has 0 aliphatic heterocycles. The average molecular weight is 325 g/mol. The topological polar surface area (TPSA) is 37.8 Å². The minimum atomic E-state index is -4.51. The van der Waals surface area contributed by atoms with Crippen molar-refractivity contribution < 1.29 is 17.6 Å². The summed E-state index contributed by atoms with van der Waals surface area (Å²) >= 11 is 0. The Hall–Kier alpha value is -2.18. The highest BCUT2D eigenvalue weighted by Crippen LogP contribution is 2.37.